The Hall–Kier alpha value is -1.09. The van der Waals surface area contributed by atoms with Crippen LogP contribution in [-0.2, 0) is 9.53 Å². The van der Waals surface area contributed by atoms with Crippen molar-refractivity contribution in [3.8, 4) is 11.8 Å². The Labute approximate surface area is 152 Å². The summed E-state index contributed by atoms with van der Waals surface area (Å²) < 4.78 is 4.83. The van der Waals surface area contributed by atoms with Gasteiger partial charge in [0.1, 0.15) is 5.60 Å². The molecule has 0 saturated carbocycles. The maximum absolute atomic E-state index is 11.7. The zero-order valence-corrected chi connectivity index (χ0v) is 16.3. The van der Waals surface area contributed by atoms with Crippen LogP contribution in [0.4, 0.5) is 0 Å². The molecule has 0 aliphatic rings. The first-order chi connectivity index (χ1) is 11.6. The predicted octanol–water partition coefficient (Wildman–Crippen LogP) is 3.29. The highest BCUT2D eigenvalue weighted by molar-refractivity contribution is 5.69. The van der Waals surface area contributed by atoms with E-state index in [1.165, 1.54) is 59.3 Å². The Kier molecular flexibility index (Phi) is 11.8. The maximum atomic E-state index is 11.7. The molecule has 0 spiro atoms. The highest BCUT2D eigenvalue weighted by atomic mass is 16.6. The minimum Gasteiger partial charge on any atom is -0.432 e. The Morgan fingerprint density at radius 1 is 0.920 bits per heavy atom. The molecular formula is C20H36O5. The van der Waals surface area contributed by atoms with Crippen molar-refractivity contribution in [3.05, 3.63) is 0 Å². The lowest BCUT2D eigenvalue weighted by Gasteiger charge is -2.23. The summed E-state index contributed by atoms with van der Waals surface area (Å²) in [6, 6.07) is 0. The van der Waals surface area contributed by atoms with Crippen LogP contribution >= 0.6 is 0 Å². The highest BCUT2D eigenvalue weighted by Gasteiger charge is 2.32. The molecule has 0 aromatic heterocycles. The van der Waals surface area contributed by atoms with Gasteiger partial charge in [0, 0.05) is 6.42 Å². The monoisotopic (exact) mass is 356 g/mol. The van der Waals surface area contributed by atoms with Gasteiger partial charge in [0.2, 0.25) is 6.29 Å². The first kappa shape index (κ1) is 23.9. The molecule has 0 radical (unpaired) electrons. The SMILES string of the molecule is CCCCCCCCCCCC(=O)OC(O)C(C)(O)C#CC(C)(C)O. The summed E-state index contributed by atoms with van der Waals surface area (Å²) >= 11 is 0. The van der Waals surface area contributed by atoms with Crippen LogP contribution in [0.15, 0.2) is 0 Å². The Bertz CT molecular complexity index is 426. The van der Waals surface area contributed by atoms with Gasteiger partial charge in [-0.05, 0) is 27.2 Å². The molecule has 0 amide bonds. The molecule has 0 rings (SSSR count). The first-order valence-electron chi connectivity index (χ1n) is 9.45. The van der Waals surface area contributed by atoms with E-state index in [0.29, 0.717) is 6.42 Å². The Morgan fingerprint density at radius 3 is 1.88 bits per heavy atom. The summed E-state index contributed by atoms with van der Waals surface area (Å²) in [4.78, 5) is 11.7. The van der Waals surface area contributed by atoms with Crippen molar-refractivity contribution in [2.75, 3.05) is 0 Å². The maximum Gasteiger partial charge on any atom is 0.308 e. The van der Waals surface area contributed by atoms with Gasteiger partial charge in [0.25, 0.3) is 0 Å². The van der Waals surface area contributed by atoms with E-state index >= 15 is 0 Å². The predicted molar refractivity (Wildman–Crippen MR) is 98.6 cm³/mol. The van der Waals surface area contributed by atoms with Crippen molar-refractivity contribution >= 4 is 5.97 Å². The fourth-order valence-corrected chi connectivity index (χ4v) is 2.22. The molecule has 25 heavy (non-hydrogen) atoms. The third kappa shape index (κ3) is 13.8. The van der Waals surface area contributed by atoms with E-state index in [1.807, 2.05) is 0 Å². The number of carbonyl (C=O) groups excluding carboxylic acids is 1. The number of rotatable bonds is 12. The lowest BCUT2D eigenvalue weighted by atomic mass is 10.0. The number of aliphatic hydroxyl groups excluding tert-OH is 1. The molecule has 2 atom stereocenters. The van der Waals surface area contributed by atoms with E-state index in [9.17, 15) is 20.1 Å². The molecule has 5 heteroatoms. The zero-order valence-electron chi connectivity index (χ0n) is 16.3. The second kappa shape index (κ2) is 12.3. The summed E-state index contributed by atoms with van der Waals surface area (Å²) in [7, 11) is 0. The number of hydrogen-bond donors (Lipinski definition) is 3. The molecule has 146 valence electrons. The van der Waals surface area contributed by atoms with E-state index in [2.05, 4.69) is 18.8 Å². The number of esters is 1. The molecule has 0 heterocycles. The third-order valence-corrected chi connectivity index (χ3v) is 3.83. The number of aliphatic hydroxyl groups is 3. The van der Waals surface area contributed by atoms with E-state index < -0.39 is 23.5 Å². The summed E-state index contributed by atoms with van der Waals surface area (Å²) in [5.74, 6) is 4.19. The topological polar surface area (TPSA) is 87.0 Å². The van der Waals surface area contributed by atoms with E-state index in [4.69, 9.17) is 4.74 Å². The molecular weight excluding hydrogens is 320 g/mol. The van der Waals surface area contributed by atoms with Crippen molar-refractivity contribution in [2.24, 2.45) is 0 Å². The molecule has 2 unspecified atom stereocenters. The van der Waals surface area contributed by atoms with Crippen molar-refractivity contribution in [1.82, 2.24) is 0 Å². The average Bonchev–Trinajstić information content (AvgIpc) is 2.50. The van der Waals surface area contributed by atoms with Crippen LogP contribution in [-0.4, -0.2) is 38.8 Å². The van der Waals surface area contributed by atoms with Crippen molar-refractivity contribution in [3.63, 3.8) is 0 Å². The van der Waals surface area contributed by atoms with Gasteiger partial charge in [-0.3, -0.25) is 4.79 Å². The van der Waals surface area contributed by atoms with Crippen LogP contribution in [0.5, 0.6) is 0 Å². The molecule has 0 saturated heterocycles. The van der Waals surface area contributed by atoms with Crippen LogP contribution in [0.3, 0.4) is 0 Å². The lowest BCUT2D eigenvalue weighted by molar-refractivity contribution is -0.197. The fraction of sp³-hybridized carbons (Fsp3) is 0.850. The van der Waals surface area contributed by atoms with Crippen LogP contribution in [0, 0.1) is 11.8 Å². The fourth-order valence-electron chi connectivity index (χ4n) is 2.22. The highest BCUT2D eigenvalue weighted by Crippen LogP contribution is 2.14. The largest absolute Gasteiger partial charge is 0.432 e. The number of unbranched alkanes of at least 4 members (excludes halogenated alkanes) is 8. The molecule has 5 nitrogen and oxygen atoms in total. The molecule has 0 aliphatic carbocycles. The van der Waals surface area contributed by atoms with Crippen LogP contribution in [0.2, 0.25) is 0 Å². The minimum atomic E-state index is -1.92. The van der Waals surface area contributed by atoms with E-state index in [1.54, 1.807) is 0 Å². The number of hydrogen-bond acceptors (Lipinski definition) is 5. The van der Waals surface area contributed by atoms with Crippen LogP contribution in [0.1, 0.15) is 91.9 Å². The van der Waals surface area contributed by atoms with Crippen molar-refractivity contribution in [1.29, 1.82) is 0 Å². The lowest BCUT2D eigenvalue weighted by Crippen LogP contribution is -2.41. The molecule has 0 aromatic carbocycles. The van der Waals surface area contributed by atoms with Gasteiger partial charge in [0.15, 0.2) is 5.60 Å². The van der Waals surface area contributed by atoms with Gasteiger partial charge in [-0.2, -0.15) is 0 Å². The summed E-state index contributed by atoms with van der Waals surface area (Å²) in [6.45, 7) is 6.36. The van der Waals surface area contributed by atoms with Gasteiger partial charge >= 0.3 is 5.97 Å². The molecule has 0 aliphatic heterocycles. The molecule has 3 N–H and O–H groups in total. The smallest absolute Gasteiger partial charge is 0.308 e. The van der Waals surface area contributed by atoms with Gasteiger partial charge in [0.05, 0.1) is 0 Å². The Balaban J connectivity index is 3.92. The van der Waals surface area contributed by atoms with E-state index in [-0.39, 0.29) is 6.42 Å². The summed E-state index contributed by atoms with van der Waals surface area (Å²) in [6.07, 6.45) is 8.79. The summed E-state index contributed by atoms with van der Waals surface area (Å²) in [5.41, 5.74) is -3.22. The minimum absolute atomic E-state index is 0.210. The van der Waals surface area contributed by atoms with Gasteiger partial charge in [-0.15, -0.1) is 0 Å². The quantitative estimate of drug-likeness (QED) is 0.216. The second-order valence-corrected chi connectivity index (χ2v) is 7.38. The number of ether oxygens (including phenoxy) is 1. The molecule has 0 aromatic rings. The Morgan fingerprint density at radius 2 is 1.40 bits per heavy atom. The molecule has 0 bridgehead atoms. The van der Waals surface area contributed by atoms with Gasteiger partial charge in [-0.25, -0.2) is 0 Å². The standard InChI is InChI=1S/C20H36O5/c1-5-6-7-8-9-10-11-12-13-14-17(21)25-18(22)20(4,24)16-15-19(2,3)23/h18,22-24H,5-14H2,1-4H3. The van der Waals surface area contributed by atoms with Crippen LogP contribution < -0.4 is 0 Å². The summed E-state index contributed by atoms with van der Waals surface area (Å²) in [5, 5.41) is 29.3. The van der Waals surface area contributed by atoms with Crippen LogP contribution in [0.25, 0.3) is 0 Å². The second-order valence-electron chi connectivity index (χ2n) is 7.38. The first-order valence-corrected chi connectivity index (χ1v) is 9.45. The van der Waals surface area contributed by atoms with Crippen molar-refractivity contribution < 1.29 is 24.9 Å². The number of carbonyl (C=O) groups is 1. The zero-order chi connectivity index (χ0) is 19.3. The molecule has 0 fully saturated rings. The van der Waals surface area contributed by atoms with E-state index in [0.717, 1.165) is 12.8 Å². The van der Waals surface area contributed by atoms with Gasteiger partial charge in [-0.1, -0.05) is 70.1 Å². The average molecular weight is 357 g/mol. The van der Waals surface area contributed by atoms with Crippen molar-refractivity contribution in [2.45, 2.75) is 109 Å². The third-order valence-electron chi connectivity index (χ3n) is 3.83. The normalized spacial score (nSPS) is 15.0. The van der Waals surface area contributed by atoms with Gasteiger partial charge < -0.3 is 20.1 Å².